The Balaban J connectivity index is 2.09. The molecule has 0 saturated heterocycles. The molecule has 0 amide bonds. The van der Waals surface area contributed by atoms with Gasteiger partial charge in [0, 0.05) is 0 Å². The summed E-state index contributed by atoms with van der Waals surface area (Å²) >= 11 is 0. The second kappa shape index (κ2) is 7.12. The van der Waals surface area contributed by atoms with Crippen molar-refractivity contribution < 1.29 is 15.0 Å². The van der Waals surface area contributed by atoms with E-state index in [9.17, 15) is 9.90 Å². The summed E-state index contributed by atoms with van der Waals surface area (Å²) in [6, 6.07) is 14.5. The predicted octanol–water partition coefficient (Wildman–Crippen LogP) is 4.78. The van der Waals surface area contributed by atoms with E-state index in [1.807, 2.05) is 24.3 Å². The van der Waals surface area contributed by atoms with E-state index in [-0.39, 0.29) is 5.75 Å². The molecule has 0 bridgehead atoms. The van der Waals surface area contributed by atoms with Gasteiger partial charge in [-0.2, -0.15) is 0 Å². The number of aromatic carboxylic acids is 1. The third-order valence-corrected chi connectivity index (χ3v) is 4.22. The second-order valence-electron chi connectivity index (χ2n) is 5.76. The maximum atomic E-state index is 10.9. The molecule has 0 spiro atoms. The molecular formula is C19H22O3. The number of hydrogen-bond acceptors (Lipinski definition) is 2. The Labute approximate surface area is 131 Å². The van der Waals surface area contributed by atoms with Crippen LogP contribution in [0.5, 0.6) is 5.75 Å². The van der Waals surface area contributed by atoms with Gasteiger partial charge in [0.1, 0.15) is 5.75 Å². The highest BCUT2D eigenvalue weighted by Gasteiger charge is 2.15. The first kappa shape index (κ1) is 16.1. The summed E-state index contributed by atoms with van der Waals surface area (Å²) < 4.78 is 0. The molecule has 2 N–H and O–H groups in total. The van der Waals surface area contributed by atoms with E-state index >= 15 is 0 Å². The fraction of sp³-hybridized carbons (Fsp3) is 0.316. The molecule has 0 saturated carbocycles. The lowest BCUT2D eigenvalue weighted by Crippen LogP contribution is -2.04. The Morgan fingerprint density at radius 2 is 1.55 bits per heavy atom. The first-order chi connectivity index (χ1) is 10.5. The van der Waals surface area contributed by atoms with Crippen LogP contribution in [0.25, 0.3) is 0 Å². The molecule has 0 aromatic heterocycles. The van der Waals surface area contributed by atoms with Crippen molar-refractivity contribution in [2.24, 2.45) is 0 Å². The number of rotatable bonds is 6. The van der Waals surface area contributed by atoms with Crippen LogP contribution in [0, 0.1) is 0 Å². The van der Waals surface area contributed by atoms with Gasteiger partial charge in [-0.3, -0.25) is 0 Å². The Morgan fingerprint density at radius 1 is 1.00 bits per heavy atom. The van der Waals surface area contributed by atoms with Crippen LogP contribution < -0.4 is 0 Å². The highest BCUT2D eigenvalue weighted by Crippen LogP contribution is 2.32. The van der Waals surface area contributed by atoms with Gasteiger partial charge in [0.15, 0.2) is 0 Å². The van der Waals surface area contributed by atoms with E-state index in [1.165, 1.54) is 5.56 Å². The quantitative estimate of drug-likeness (QED) is 0.807. The summed E-state index contributed by atoms with van der Waals surface area (Å²) in [5, 5.41) is 18.3. The molecule has 0 aliphatic rings. The molecule has 3 heteroatoms. The van der Waals surface area contributed by atoms with E-state index in [2.05, 4.69) is 13.8 Å². The molecule has 2 unspecified atom stereocenters. The molecule has 2 aromatic rings. The number of carbonyl (C=O) groups is 1. The smallest absolute Gasteiger partial charge is 0.335 e. The average Bonchev–Trinajstić information content (AvgIpc) is 2.53. The number of phenolic OH excluding ortho intramolecular Hbond substituents is 1. The van der Waals surface area contributed by atoms with Crippen molar-refractivity contribution in [1.29, 1.82) is 0 Å². The Morgan fingerprint density at radius 3 is 2.05 bits per heavy atom. The van der Waals surface area contributed by atoms with E-state index < -0.39 is 5.97 Å². The average molecular weight is 298 g/mol. The summed E-state index contributed by atoms with van der Waals surface area (Å²) in [6.07, 6.45) is 2.02. The molecule has 2 aromatic carbocycles. The first-order valence-corrected chi connectivity index (χ1v) is 7.63. The zero-order valence-electron chi connectivity index (χ0n) is 13.0. The van der Waals surface area contributed by atoms with E-state index in [4.69, 9.17) is 5.11 Å². The molecule has 0 aliphatic heterocycles. The lowest BCUT2D eigenvalue weighted by Gasteiger charge is -2.20. The highest BCUT2D eigenvalue weighted by atomic mass is 16.4. The normalized spacial score (nSPS) is 13.5. The fourth-order valence-corrected chi connectivity index (χ4v) is 2.80. The van der Waals surface area contributed by atoms with E-state index in [0.29, 0.717) is 17.4 Å². The zero-order valence-corrected chi connectivity index (χ0v) is 13.0. The van der Waals surface area contributed by atoms with Gasteiger partial charge in [0.25, 0.3) is 0 Å². The fourth-order valence-electron chi connectivity index (χ4n) is 2.80. The predicted molar refractivity (Wildman–Crippen MR) is 87.6 cm³/mol. The number of benzene rings is 2. The van der Waals surface area contributed by atoms with Crippen LogP contribution >= 0.6 is 0 Å². The van der Waals surface area contributed by atoms with Crippen molar-refractivity contribution in [2.45, 2.75) is 38.5 Å². The van der Waals surface area contributed by atoms with Gasteiger partial charge in [-0.15, -0.1) is 0 Å². The monoisotopic (exact) mass is 298 g/mol. The molecule has 0 radical (unpaired) electrons. The molecule has 0 fully saturated rings. The van der Waals surface area contributed by atoms with Crippen molar-refractivity contribution >= 4 is 5.97 Å². The van der Waals surface area contributed by atoms with Crippen molar-refractivity contribution in [3.05, 3.63) is 65.2 Å². The minimum absolute atomic E-state index is 0.288. The maximum absolute atomic E-state index is 10.9. The van der Waals surface area contributed by atoms with Crippen molar-refractivity contribution in [3.63, 3.8) is 0 Å². The van der Waals surface area contributed by atoms with Gasteiger partial charge in [0.2, 0.25) is 0 Å². The van der Waals surface area contributed by atoms with Gasteiger partial charge >= 0.3 is 5.97 Å². The Hall–Kier alpha value is -2.29. The number of hydrogen-bond donors (Lipinski definition) is 2. The van der Waals surface area contributed by atoms with Crippen LogP contribution in [0.15, 0.2) is 48.5 Å². The summed E-state index contributed by atoms with van der Waals surface area (Å²) in [6.45, 7) is 4.33. The molecule has 0 heterocycles. The molecule has 116 valence electrons. The molecule has 22 heavy (non-hydrogen) atoms. The summed E-state index contributed by atoms with van der Waals surface area (Å²) in [5.74, 6) is 0.169. The molecule has 2 rings (SSSR count). The van der Waals surface area contributed by atoms with E-state index in [1.54, 1.807) is 24.3 Å². The summed E-state index contributed by atoms with van der Waals surface area (Å²) in [7, 11) is 0. The Kier molecular flexibility index (Phi) is 5.21. The van der Waals surface area contributed by atoms with E-state index in [0.717, 1.165) is 18.4 Å². The van der Waals surface area contributed by atoms with Crippen molar-refractivity contribution in [3.8, 4) is 5.75 Å². The number of aromatic hydroxyl groups is 1. The topological polar surface area (TPSA) is 57.5 Å². The third-order valence-electron chi connectivity index (χ3n) is 4.22. The second-order valence-corrected chi connectivity index (χ2v) is 5.76. The van der Waals surface area contributed by atoms with Gasteiger partial charge in [-0.1, -0.05) is 38.1 Å². The Bertz CT molecular complexity index is 614. The number of phenols is 1. The largest absolute Gasteiger partial charge is 0.508 e. The van der Waals surface area contributed by atoms with Crippen LogP contribution in [0.1, 0.15) is 60.0 Å². The van der Waals surface area contributed by atoms with Crippen LogP contribution in [-0.2, 0) is 0 Å². The lowest BCUT2D eigenvalue weighted by molar-refractivity contribution is 0.0697. The minimum Gasteiger partial charge on any atom is -0.508 e. The number of carboxylic acids is 1. The maximum Gasteiger partial charge on any atom is 0.335 e. The summed E-state index contributed by atoms with van der Waals surface area (Å²) in [5.41, 5.74) is 2.71. The van der Waals surface area contributed by atoms with Crippen LogP contribution in [-0.4, -0.2) is 16.2 Å². The van der Waals surface area contributed by atoms with Crippen LogP contribution in [0.3, 0.4) is 0 Å². The standard InChI is InChI=1S/C19H22O3/c1-3-14(16-8-10-18(20)11-9-16)12-13(2)15-4-6-17(7-5-15)19(21)22/h4-11,13-14,20H,3,12H2,1-2H3,(H,21,22). The highest BCUT2D eigenvalue weighted by molar-refractivity contribution is 5.87. The van der Waals surface area contributed by atoms with Gasteiger partial charge in [-0.25, -0.2) is 4.79 Å². The van der Waals surface area contributed by atoms with Crippen LogP contribution in [0.2, 0.25) is 0 Å². The van der Waals surface area contributed by atoms with Gasteiger partial charge in [-0.05, 0) is 60.1 Å². The lowest BCUT2D eigenvalue weighted by atomic mass is 9.84. The molecule has 2 atom stereocenters. The first-order valence-electron chi connectivity index (χ1n) is 7.63. The van der Waals surface area contributed by atoms with Crippen molar-refractivity contribution in [1.82, 2.24) is 0 Å². The number of carboxylic acid groups (broad SMARTS) is 1. The summed E-state index contributed by atoms with van der Waals surface area (Å²) in [4.78, 5) is 10.9. The molecular weight excluding hydrogens is 276 g/mol. The van der Waals surface area contributed by atoms with Crippen molar-refractivity contribution in [2.75, 3.05) is 0 Å². The zero-order chi connectivity index (χ0) is 16.1. The van der Waals surface area contributed by atoms with Gasteiger partial charge in [0.05, 0.1) is 5.56 Å². The minimum atomic E-state index is -0.894. The van der Waals surface area contributed by atoms with Gasteiger partial charge < -0.3 is 10.2 Å². The van der Waals surface area contributed by atoms with Crippen LogP contribution in [0.4, 0.5) is 0 Å². The third kappa shape index (κ3) is 3.88. The molecule has 3 nitrogen and oxygen atoms in total. The molecule has 0 aliphatic carbocycles. The SMILES string of the molecule is CCC(CC(C)c1ccc(C(=O)O)cc1)c1ccc(O)cc1.